The molecule has 2 rings (SSSR count). The molecule has 1 aliphatic rings. The van der Waals surface area contributed by atoms with Gasteiger partial charge in [-0.05, 0) is 68.2 Å². The summed E-state index contributed by atoms with van der Waals surface area (Å²) in [7, 11) is 0. The van der Waals surface area contributed by atoms with Crippen LogP contribution in [0, 0.1) is 17.2 Å². The molecule has 1 aliphatic heterocycles. The Hall–Kier alpha value is -2.04. The molecular formula is C21H30N4O2S. The number of carbonyl (C=O) groups is 2. The lowest BCUT2D eigenvalue weighted by Gasteiger charge is -2.19. The van der Waals surface area contributed by atoms with E-state index in [1.807, 2.05) is 32.0 Å². The molecule has 1 fully saturated rings. The van der Waals surface area contributed by atoms with Crippen LogP contribution in [0.3, 0.4) is 0 Å². The highest BCUT2D eigenvalue weighted by Crippen LogP contribution is 2.21. The smallest absolute Gasteiger partial charge is 0.251 e. The molecule has 0 radical (unpaired) electrons. The molecule has 0 bridgehead atoms. The molecule has 1 aromatic rings. The van der Waals surface area contributed by atoms with Crippen molar-refractivity contribution in [3.05, 3.63) is 29.8 Å². The average Bonchev–Trinajstić information content (AvgIpc) is 3.19. The van der Waals surface area contributed by atoms with E-state index >= 15 is 0 Å². The molecule has 0 spiro atoms. The average molecular weight is 403 g/mol. The lowest BCUT2D eigenvalue weighted by atomic mass is 10.0. The van der Waals surface area contributed by atoms with Crippen molar-refractivity contribution in [1.29, 1.82) is 5.26 Å². The van der Waals surface area contributed by atoms with Crippen LogP contribution in [0.4, 0.5) is 0 Å². The summed E-state index contributed by atoms with van der Waals surface area (Å²) in [6, 6.07) is 9.38. The molecule has 6 nitrogen and oxygen atoms in total. The van der Waals surface area contributed by atoms with Gasteiger partial charge in [0.25, 0.3) is 5.91 Å². The molecule has 2 unspecified atom stereocenters. The van der Waals surface area contributed by atoms with Gasteiger partial charge < -0.3 is 16.0 Å². The summed E-state index contributed by atoms with van der Waals surface area (Å²) in [5.74, 6) is 0.700. The highest BCUT2D eigenvalue weighted by Gasteiger charge is 2.22. The zero-order valence-electron chi connectivity index (χ0n) is 16.7. The van der Waals surface area contributed by atoms with Gasteiger partial charge in [-0.25, -0.2) is 0 Å². The summed E-state index contributed by atoms with van der Waals surface area (Å²) in [6.07, 6.45) is 4.21. The minimum Gasteiger partial charge on any atom is -0.341 e. The largest absolute Gasteiger partial charge is 0.341 e. The second-order valence-electron chi connectivity index (χ2n) is 7.49. The number of amides is 2. The van der Waals surface area contributed by atoms with Crippen molar-refractivity contribution >= 4 is 23.6 Å². The van der Waals surface area contributed by atoms with Gasteiger partial charge in [0.2, 0.25) is 5.91 Å². The Morgan fingerprint density at radius 2 is 2.07 bits per heavy atom. The fourth-order valence-corrected chi connectivity index (χ4v) is 4.19. The Balaban J connectivity index is 1.86. The third kappa shape index (κ3) is 7.53. The fraction of sp³-hybridized carbons (Fsp3) is 0.571. The second kappa shape index (κ2) is 11.7. The van der Waals surface area contributed by atoms with E-state index in [0.29, 0.717) is 18.0 Å². The van der Waals surface area contributed by atoms with Crippen molar-refractivity contribution in [2.24, 2.45) is 5.92 Å². The molecular weight excluding hydrogens is 372 g/mol. The number of benzene rings is 1. The maximum Gasteiger partial charge on any atom is 0.251 e. The lowest BCUT2D eigenvalue weighted by molar-refractivity contribution is -0.123. The first-order valence-corrected chi connectivity index (χ1v) is 10.9. The van der Waals surface area contributed by atoms with Crippen molar-refractivity contribution in [2.75, 3.05) is 18.8 Å². The molecule has 1 aromatic carbocycles. The number of nitriles is 1. The van der Waals surface area contributed by atoms with E-state index in [-0.39, 0.29) is 24.3 Å². The maximum atomic E-state index is 12.5. The van der Waals surface area contributed by atoms with Crippen LogP contribution in [0.15, 0.2) is 29.2 Å². The molecule has 2 amide bonds. The maximum absolute atomic E-state index is 12.5. The molecule has 1 saturated heterocycles. The normalized spacial score (nSPS) is 17.1. The Morgan fingerprint density at radius 3 is 2.68 bits per heavy atom. The Morgan fingerprint density at radius 1 is 1.32 bits per heavy atom. The lowest BCUT2D eigenvalue weighted by Crippen LogP contribution is -2.47. The molecule has 152 valence electrons. The molecule has 1 heterocycles. The van der Waals surface area contributed by atoms with Crippen molar-refractivity contribution in [1.82, 2.24) is 16.0 Å². The SMILES string of the molecule is CC(C)CC(NC(=O)c1ccc(SCCC2CCCN2)cc1)C(=O)NCC#N. The van der Waals surface area contributed by atoms with Crippen LogP contribution in [0.2, 0.25) is 0 Å². The first kappa shape index (κ1) is 22.3. The highest BCUT2D eigenvalue weighted by atomic mass is 32.2. The Bertz CT molecular complexity index is 679. The fourth-order valence-electron chi connectivity index (χ4n) is 3.22. The van der Waals surface area contributed by atoms with E-state index in [0.717, 1.165) is 23.6 Å². The van der Waals surface area contributed by atoms with Gasteiger partial charge in [-0.3, -0.25) is 9.59 Å². The van der Waals surface area contributed by atoms with Crippen molar-refractivity contribution in [3.8, 4) is 6.07 Å². The number of thioether (sulfide) groups is 1. The van der Waals surface area contributed by atoms with E-state index in [1.54, 1.807) is 23.9 Å². The predicted molar refractivity (Wildman–Crippen MR) is 112 cm³/mol. The quantitative estimate of drug-likeness (QED) is 0.413. The number of nitrogens with zero attached hydrogens (tertiary/aromatic N) is 1. The van der Waals surface area contributed by atoms with E-state index < -0.39 is 6.04 Å². The monoisotopic (exact) mass is 402 g/mol. The summed E-state index contributed by atoms with van der Waals surface area (Å²) >= 11 is 1.80. The second-order valence-corrected chi connectivity index (χ2v) is 8.65. The van der Waals surface area contributed by atoms with E-state index in [9.17, 15) is 9.59 Å². The summed E-state index contributed by atoms with van der Waals surface area (Å²) in [5.41, 5.74) is 0.531. The van der Waals surface area contributed by atoms with Gasteiger partial charge in [0.1, 0.15) is 12.6 Å². The zero-order valence-corrected chi connectivity index (χ0v) is 17.5. The molecule has 3 N–H and O–H groups in total. The van der Waals surface area contributed by atoms with E-state index in [2.05, 4.69) is 16.0 Å². The number of hydrogen-bond acceptors (Lipinski definition) is 5. The van der Waals surface area contributed by atoms with Gasteiger partial charge in [0, 0.05) is 16.5 Å². The number of carbonyl (C=O) groups excluding carboxylic acids is 2. The minimum absolute atomic E-state index is 0.0639. The van der Waals surface area contributed by atoms with Gasteiger partial charge in [-0.2, -0.15) is 5.26 Å². The molecule has 0 aliphatic carbocycles. The van der Waals surface area contributed by atoms with Crippen LogP contribution >= 0.6 is 11.8 Å². The molecule has 28 heavy (non-hydrogen) atoms. The van der Waals surface area contributed by atoms with Crippen LogP contribution < -0.4 is 16.0 Å². The van der Waals surface area contributed by atoms with Crippen LogP contribution in [-0.4, -0.2) is 42.7 Å². The summed E-state index contributed by atoms with van der Waals surface area (Å²) in [5, 5.41) is 17.5. The Kier molecular flexibility index (Phi) is 9.32. The third-order valence-electron chi connectivity index (χ3n) is 4.68. The number of hydrogen-bond donors (Lipinski definition) is 3. The van der Waals surface area contributed by atoms with Gasteiger partial charge in [0.05, 0.1) is 6.07 Å². The van der Waals surface area contributed by atoms with Crippen molar-refractivity contribution in [3.63, 3.8) is 0 Å². The van der Waals surface area contributed by atoms with Crippen LogP contribution in [-0.2, 0) is 4.79 Å². The van der Waals surface area contributed by atoms with Crippen molar-refractivity contribution in [2.45, 2.75) is 56.5 Å². The minimum atomic E-state index is -0.645. The van der Waals surface area contributed by atoms with Gasteiger partial charge in [0.15, 0.2) is 0 Å². The number of nitrogens with one attached hydrogen (secondary N) is 3. The van der Waals surface area contributed by atoms with Gasteiger partial charge in [-0.15, -0.1) is 11.8 Å². The first-order chi connectivity index (χ1) is 13.5. The first-order valence-electron chi connectivity index (χ1n) is 9.91. The van der Waals surface area contributed by atoms with Gasteiger partial charge >= 0.3 is 0 Å². The van der Waals surface area contributed by atoms with E-state index in [4.69, 9.17) is 5.26 Å². The third-order valence-corrected chi connectivity index (χ3v) is 5.73. The molecule has 7 heteroatoms. The van der Waals surface area contributed by atoms with Crippen LogP contribution in [0.1, 0.15) is 49.9 Å². The summed E-state index contributed by atoms with van der Waals surface area (Å²) in [6.45, 7) is 5.05. The molecule has 0 aromatic heterocycles. The van der Waals surface area contributed by atoms with Gasteiger partial charge in [-0.1, -0.05) is 13.8 Å². The van der Waals surface area contributed by atoms with Crippen LogP contribution in [0.25, 0.3) is 0 Å². The molecule has 2 atom stereocenters. The summed E-state index contributed by atoms with van der Waals surface area (Å²) < 4.78 is 0. The highest BCUT2D eigenvalue weighted by molar-refractivity contribution is 7.99. The Labute approximate surface area is 171 Å². The molecule has 0 saturated carbocycles. The van der Waals surface area contributed by atoms with Crippen molar-refractivity contribution < 1.29 is 9.59 Å². The topological polar surface area (TPSA) is 94.0 Å². The number of rotatable bonds is 10. The summed E-state index contributed by atoms with van der Waals surface area (Å²) in [4.78, 5) is 25.9. The van der Waals surface area contributed by atoms with E-state index in [1.165, 1.54) is 12.8 Å². The predicted octanol–water partition coefficient (Wildman–Crippen LogP) is 2.71. The standard InChI is InChI=1S/C21H30N4O2S/c1-15(2)14-19(21(27)24-12-10-22)25-20(26)16-5-7-18(8-6-16)28-13-9-17-4-3-11-23-17/h5-8,15,17,19,23H,3-4,9,11-14H2,1-2H3,(H,24,27)(H,25,26). The van der Waals surface area contributed by atoms with Crippen LogP contribution in [0.5, 0.6) is 0 Å². The zero-order chi connectivity index (χ0) is 20.4.